The molecule has 2 heterocycles. The number of likely N-dealkylation sites (tertiary alicyclic amines) is 1. The maximum Gasteiger partial charge on any atom is 0.0938 e. The van der Waals surface area contributed by atoms with E-state index in [0.717, 1.165) is 38.4 Å². The highest BCUT2D eigenvalue weighted by Crippen LogP contribution is 2.33. The number of hydrogen-bond donors (Lipinski definition) is 3. The van der Waals surface area contributed by atoms with Gasteiger partial charge in [-0.3, -0.25) is 4.90 Å². The third-order valence-corrected chi connectivity index (χ3v) is 4.45. The molecule has 16 heavy (non-hydrogen) atoms. The van der Waals surface area contributed by atoms with Crippen LogP contribution < -0.4 is 0 Å². The molecule has 0 aromatic carbocycles. The molecule has 94 valence electrons. The Kier molecular flexibility index (Phi) is 4.13. The number of hydrogen-bond acceptors (Lipinski definition) is 5. The average Bonchev–Trinajstić information content (AvgIpc) is 2.59. The Morgan fingerprint density at radius 1 is 1.19 bits per heavy atom. The van der Waals surface area contributed by atoms with Gasteiger partial charge in [-0.25, -0.2) is 0 Å². The molecule has 0 bridgehead atoms. The summed E-state index contributed by atoms with van der Waals surface area (Å²) < 4.78 is 5.38. The number of aliphatic hydroxyl groups excluding tert-OH is 2. The first-order valence-corrected chi connectivity index (χ1v) is 6.56. The van der Waals surface area contributed by atoms with Crippen LogP contribution >= 0.6 is 12.6 Å². The Balaban J connectivity index is 1.91. The molecule has 2 fully saturated rings. The van der Waals surface area contributed by atoms with Gasteiger partial charge in [0.2, 0.25) is 0 Å². The van der Waals surface area contributed by atoms with Crippen molar-refractivity contribution in [1.29, 1.82) is 0 Å². The van der Waals surface area contributed by atoms with Crippen molar-refractivity contribution in [3.63, 3.8) is 0 Å². The van der Waals surface area contributed by atoms with Crippen LogP contribution in [0, 0.1) is 5.41 Å². The fourth-order valence-electron chi connectivity index (χ4n) is 2.62. The third kappa shape index (κ3) is 2.71. The van der Waals surface area contributed by atoms with Crippen molar-refractivity contribution in [3.05, 3.63) is 0 Å². The molecule has 0 spiro atoms. The SMILES string of the molecule is OC1CN(CC2(CS)CCOCC2)CC1O. The lowest BCUT2D eigenvalue weighted by Gasteiger charge is -2.38. The van der Waals surface area contributed by atoms with Crippen LogP contribution in [0.15, 0.2) is 0 Å². The molecule has 4 nitrogen and oxygen atoms in total. The monoisotopic (exact) mass is 247 g/mol. The molecule has 5 heteroatoms. The molecule has 2 unspecified atom stereocenters. The van der Waals surface area contributed by atoms with E-state index in [1.54, 1.807) is 0 Å². The van der Waals surface area contributed by atoms with Crippen molar-refractivity contribution in [2.75, 3.05) is 38.6 Å². The summed E-state index contributed by atoms with van der Waals surface area (Å²) in [6, 6.07) is 0. The van der Waals surface area contributed by atoms with Gasteiger partial charge in [0.25, 0.3) is 0 Å². The molecule has 0 aromatic heterocycles. The van der Waals surface area contributed by atoms with Crippen molar-refractivity contribution >= 4 is 12.6 Å². The van der Waals surface area contributed by atoms with Crippen LogP contribution in [0.1, 0.15) is 12.8 Å². The van der Waals surface area contributed by atoms with Gasteiger partial charge in [0.15, 0.2) is 0 Å². The second-order valence-electron chi connectivity index (χ2n) is 5.10. The highest BCUT2D eigenvalue weighted by molar-refractivity contribution is 7.80. The summed E-state index contributed by atoms with van der Waals surface area (Å²) in [5, 5.41) is 19.0. The molecule has 2 aliphatic rings. The van der Waals surface area contributed by atoms with Crippen LogP contribution in [0.5, 0.6) is 0 Å². The molecule has 2 saturated heterocycles. The molecule has 0 radical (unpaired) electrons. The molecule has 0 aliphatic carbocycles. The molecule has 2 atom stereocenters. The van der Waals surface area contributed by atoms with Crippen molar-refractivity contribution < 1.29 is 14.9 Å². The molecular weight excluding hydrogens is 226 g/mol. The van der Waals surface area contributed by atoms with Crippen LogP contribution in [0.25, 0.3) is 0 Å². The van der Waals surface area contributed by atoms with Crippen LogP contribution in [0.4, 0.5) is 0 Å². The predicted molar refractivity (Wildman–Crippen MR) is 64.8 cm³/mol. The maximum absolute atomic E-state index is 9.52. The van der Waals surface area contributed by atoms with Gasteiger partial charge in [0.1, 0.15) is 0 Å². The van der Waals surface area contributed by atoms with Gasteiger partial charge in [0.05, 0.1) is 12.2 Å². The lowest BCUT2D eigenvalue weighted by atomic mass is 9.81. The number of ether oxygens (including phenoxy) is 1. The summed E-state index contributed by atoms with van der Waals surface area (Å²) in [6.45, 7) is 3.68. The Labute approximate surface area is 102 Å². The fourth-order valence-corrected chi connectivity index (χ4v) is 3.04. The van der Waals surface area contributed by atoms with Crippen LogP contribution in [-0.4, -0.2) is 65.9 Å². The van der Waals surface area contributed by atoms with E-state index < -0.39 is 12.2 Å². The molecule has 0 amide bonds. The first-order chi connectivity index (χ1) is 7.65. The lowest BCUT2D eigenvalue weighted by Crippen LogP contribution is -2.42. The maximum atomic E-state index is 9.52. The Morgan fingerprint density at radius 3 is 2.25 bits per heavy atom. The number of rotatable bonds is 3. The minimum atomic E-state index is -0.586. The molecule has 2 rings (SSSR count). The summed E-state index contributed by atoms with van der Waals surface area (Å²) in [5.74, 6) is 0.846. The standard InChI is InChI=1S/C11H21NO3S/c13-9-5-12(6-10(9)14)7-11(8-16)1-3-15-4-2-11/h9-10,13-14,16H,1-8H2. The summed E-state index contributed by atoms with van der Waals surface area (Å²) in [6.07, 6.45) is 0.881. The molecule has 2 aliphatic heterocycles. The highest BCUT2D eigenvalue weighted by atomic mass is 32.1. The Hall–Kier alpha value is 0.190. The molecular formula is C11H21NO3S. The van der Waals surface area contributed by atoms with Gasteiger partial charge >= 0.3 is 0 Å². The number of thiol groups is 1. The molecule has 0 aromatic rings. The number of β-amino-alcohol motifs (C(OH)–C–C–N with tert-alkyl or cyclic N) is 2. The zero-order chi connectivity index (χ0) is 11.6. The van der Waals surface area contributed by atoms with Gasteiger partial charge in [-0.15, -0.1) is 0 Å². The quantitative estimate of drug-likeness (QED) is 0.602. The third-order valence-electron chi connectivity index (χ3n) is 3.78. The van der Waals surface area contributed by atoms with Crippen molar-refractivity contribution in [3.8, 4) is 0 Å². The van der Waals surface area contributed by atoms with Crippen molar-refractivity contribution in [2.24, 2.45) is 5.41 Å². The first-order valence-electron chi connectivity index (χ1n) is 5.92. The van der Waals surface area contributed by atoms with Gasteiger partial charge in [0, 0.05) is 32.8 Å². The second kappa shape index (κ2) is 5.23. The minimum Gasteiger partial charge on any atom is -0.389 e. The van der Waals surface area contributed by atoms with E-state index in [9.17, 15) is 10.2 Å². The minimum absolute atomic E-state index is 0.200. The van der Waals surface area contributed by atoms with E-state index in [1.165, 1.54) is 0 Å². The normalized spacial score (nSPS) is 35.4. The largest absolute Gasteiger partial charge is 0.389 e. The van der Waals surface area contributed by atoms with Crippen molar-refractivity contribution in [2.45, 2.75) is 25.0 Å². The number of aliphatic hydroxyl groups is 2. The predicted octanol–water partition coefficient (Wildman–Crippen LogP) is -0.250. The van der Waals surface area contributed by atoms with Crippen molar-refractivity contribution in [1.82, 2.24) is 4.90 Å². The highest BCUT2D eigenvalue weighted by Gasteiger charge is 2.37. The zero-order valence-corrected chi connectivity index (χ0v) is 10.4. The summed E-state index contributed by atoms with van der Waals surface area (Å²) in [4.78, 5) is 2.15. The van der Waals surface area contributed by atoms with E-state index in [-0.39, 0.29) is 5.41 Å². The molecule has 0 saturated carbocycles. The topological polar surface area (TPSA) is 52.9 Å². The number of nitrogens with zero attached hydrogens (tertiary/aromatic N) is 1. The zero-order valence-electron chi connectivity index (χ0n) is 9.51. The Bertz CT molecular complexity index is 223. The van der Waals surface area contributed by atoms with E-state index in [4.69, 9.17) is 4.74 Å². The van der Waals surface area contributed by atoms with Gasteiger partial charge in [-0.2, -0.15) is 12.6 Å². The van der Waals surface area contributed by atoms with E-state index in [2.05, 4.69) is 17.5 Å². The van der Waals surface area contributed by atoms with Crippen LogP contribution in [-0.2, 0) is 4.74 Å². The molecule has 2 N–H and O–H groups in total. The van der Waals surface area contributed by atoms with E-state index in [1.807, 2.05) is 0 Å². The van der Waals surface area contributed by atoms with E-state index >= 15 is 0 Å². The summed E-state index contributed by atoms with van der Waals surface area (Å²) >= 11 is 4.46. The van der Waals surface area contributed by atoms with Gasteiger partial charge in [-0.05, 0) is 24.0 Å². The Morgan fingerprint density at radius 2 is 1.75 bits per heavy atom. The summed E-state index contributed by atoms with van der Waals surface area (Å²) in [7, 11) is 0. The second-order valence-corrected chi connectivity index (χ2v) is 5.42. The lowest BCUT2D eigenvalue weighted by molar-refractivity contribution is 0.00935. The first kappa shape index (κ1) is 12.6. The average molecular weight is 247 g/mol. The van der Waals surface area contributed by atoms with E-state index in [0.29, 0.717) is 13.1 Å². The fraction of sp³-hybridized carbons (Fsp3) is 1.00. The summed E-state index contributed by atoms with van der Waals surface area (Å²) in [5.41, 5.74) is 0.200. The van der Waals surface area contributed by atoms with Crippen LogP contribution in [0.3, 0.4) is 0 Å². The van der Waals surface area contributed by atoms with Gasteiger partial charge in [-0.1, -0.05) is 0 Å². The smallest absolute Gasteiger partial charge is 0.0938 e. The van der Waals surface area contributed by atoms with Gasteiger partial charge < -0.3 is 14.9 Å². The van der Waals surface area contributed by atoms with Crippen LogP contribution in [0.2, 0.25) is 0 Å².